The van der Waals surface area contributed by atoms with Crippen molar-refractivity contribution in [3.63, 3.8) is 0 Å². The number of nitrogens with zero attached hydrogens (tertiary/aromatic N) is 2. The summed E-state index contributed by atoms with van der Waals surface area (Å²) in [6, 6.07) is -1.22. The first-order chi connectivity index (χ1) is 22.4. The van der Waals surface area contributed by atoms with Gasteiger partial charge in [-0.3, -0.25) is 10.7 Å². The van der Waals surface area contributed by atoms with Crippen LogP contribution in [0.5, 0.6) is 0 Å². The zero-order valence-corrected chi connectivity index (χ0v) is 25.8. The quantitative estimate of drug-likeness (QED) is 0.148. The smallest absolute Gasteiger partial charge is 0.872 e. The van der Waals surface area contributed by atoms with E-state index < -0.39 is 6.85 Å². The van der Waals surface area contributed by atoms with Gasteiger partial charge in [0.2, 0.25) is 0 Å². The van der Waals surface area contributed by atoms with E-state index in [2.05, 4.69) is 45.3 Å². The van der Waals surface area contributed by atoms with E-state index in [-0.39, 0.29) is 68.1 Å². The van der Waals surface area contributed by atoms with Gasteiger partial charge in [-0.1, -0.05) is 87.2 Å². The Hall–Kier alpha value is -2.91. The largest absolute Gasteiger partial charge is 3.00 e. The SMILES string of the molecule is C=C(/C(=C\C(=[N-])C1=CC=CC[CH-]1)C(C)C)C(C)C.[2H]c1c(C([2H])([2H])[2H])c([2H])c2c3c(sc2c1[2H])=C[CH-]CC=3.[2H]c1cnc([2H])c([2H])c1[2H].[Ir+3]. The third-order valence-electron chi connectivity index (χ3n) is 5.80. The van der Waals surface area contributed by atoms with Crippen LogP contribution in [0.15, 0.2) is 96.2 Å². The molecule has 2 aliphatic rings. The van der Waals surface area contributed by atoms with E-state index in [0.717, 1.165) is 45.5 Å². The molecule has 0 amide bonds. The summed E-state index contributed by atoms with van der Waals surface area (Å²) in [5, 5.41) is 11.5. The Morgan fingerprint density at radius 3 is 2.67 bits per heavy atom. The number of rotatable bonds is 5. The molecule has 0 radical (unpaired) electrons. The first kappa shape index (κ1) is 20.0. The number of aromatic nitrogens is 1. The van der Waals surface area contributed by atoms with Crippen molar-refractivity contribution in [3.05, 3.63) is 130 Å². The second-order valence-electron chi connectivity index (χ2n) is 9.25. The van der Waals surface area contributed by atoms with Gasteiger partial charge in [0.25, 0.3) is 0 Å². The van der Waals surface area contributed by atoms with Crippen LogP contribution in [0.3, 0.4) is 0 Å². The monoisotopic (exact) mass is 722 g/mol. The summed E-state index contributed by atoms with van der Waals surface area (Å²) >= 11 is 1.34. The van der Waals surface area contributed by atoms with Crippen molar-refractivity contribution in [1.82, 2.24) is 4.98 Å². The van der Waals surface area contributed by atoms with E-state index in [4.69, 9.17) is 13.7 Å². The van der Waals surface area contributed by atoms with Gasteiger partial charge in [-0.25, -0.2) is 29.4 Å². The summed E-state index contributed by atoms with van der Waals surface area (Å²) in [6.45, 7) is 10.1. The molecule has 0 N–H and O–H groups in total. The number of thiophene rings is 1. The molecule has 1 aromatic carbocycles. The van der Waals surface area contributed by atoms with Gasteiger partial charge < -0.3 is 5.41 Å². The molecule has 0 bridgehead atoms. The van der Waals surface area contributed by atoms with Crippen molar-refractivity contribution < 1.29 is 33.8 Å². The summed E-state index contributed by atoms with van der Waals surface area (Å²) in [6.07, 6.45) is 18.2. The fraction of sp³-hybridized carbons (Fsp3) is 0.257. The minimum absolute atomic E-state index is 0. The van der Waals surface area contributed by atoms with E-state index in [1.54, 1.807) is 0 Å². The maximum absolute atomic E-state index is 10.2. The van der Waals surface area contributed by atoms with E-state index in [0.29, 0.717) is 27.6 Å². The second-order valence-corrected chi connectivity index (χ2v) is 10.3. The van der Waals surface area contributed by atoms with Crippen molar-refractivity contribution in [2.24, 2.45) is 11.8 Å². The molecule has 0 saturated carbocycles. The van der Waals surface area contributed by atoms with Gasteiger partial charge >= 0.3 is 20.1 Å². The topological polar surface area (TPSA) is 35.2 Å². The summed E-state index contributed by atoms with van der Waals surface area (Å²) < 4.78 is 76.1. The minimum Gasteiger partial charge on any atom is -0.872 e. The van der Waals surface area contributed by atoms with E-state index in [9.17, 15) is 5.41 Å². The molecule has 2 nitrogen and oxygen atoms in total. The average Bonchev–Trinajstić information content (AvgIpc) is 3.43. The molecule has 4 heteroatoms. The average molecular weight is 722 g/mol. The fourth-order valence-electron chi connectivity index (χ4n) is 3.73. The molecule has 5 rings (SSSR count). The Morgan fingerprint density at radius 2 is 2.00 bits per heavy atom. The van der Waals surface area contributed by atoms with Gasteiger partial charge in [0.1, 0.15) is 0 Å². The minimum atomic E-state index is -2.54. The van der Waals surface area contributed by atoms with Crippen molar-refractivity contribution in [1.29, 1.82) is 0 Å². The van der Waals surface area contributed by atoms with Gasteiger partial charge in [0.05, 0.1) is 9.60 Å². The van der Waals surface area contributed by atoms with Gasteiger partial charge in [-0.05, 0) is 42.2 Å². The summed E-state index contributed by atoms with van der Waals surface area (Å²) in [5.74, 6) is 0.762. The Morgan fingerprint density at radius 1 is 1.18 bits per heavy atom. The molecule has 2 aromatic heterocycles. The number of allylic oxidation sites excluding steroid dienone is 7. The second kappa shape index (κ2) is 16.3. The van der Waals surface area contributed by atoms with Crippen LogP contribution in [0, 0.1) is 31.5 Å². The molecule has 0 saturated heterocycles. The first-order valence-electron chi connectivity index (χ1n) is 17.5. The zero-order valence-electron chi connectivity index (χ0n) is 32.6. The van der Waals surface area contributed by atoms with Crippen molar-refractivity contribution in [2.75, 3.05) is 0 Å². The number of hydrogen-bond acceptors (Lipinski definition) is 2. The number of hydrogen-bond donors (Lipinski definition) is 0. The number of fused-ring (bicyclic) bond motifs is 3. The number of benzene rings is 1. The maximum atomic E-state index is 10.2. The van der Waals surface area contributed by atoms with Crippen LogP contribution < -0.4 is 9.75 Å². The molecule has 204 valence electrons. The van der Waals surface area contributed by atoms with Gasteiger partial charge in [0.15, 0.2) is 0 Å². The standard InChI is InChI=1S/C17H23N.C13H11S.C5H5N.Ir/c1-12(2)14(5)16(13(3)4)11-17(18)15-9-7-6-8-10-15;1-9-6-7-13-11(8-9)10-4-2-3-5-12(10)14-13;1-2-4-6-5-3-1;/h6-7,9-13H,5,8H2,1-4H3;3-8H,2H2,1H3;1-5H;/q-2;-1;;+3/b16-11-;;;/i;1D3,6D,7D,8D;1D,2D,3D,4D;. The molecule has 0 unspecified atom stereocenters. The number of pyridine rings is 1. The van der Waals surface area contributed by atoms with Crippen LogP contribution >= 0.6 is 11.3 Å². The summed E-state index contributed by atoms with van der Waals surface area (Å²) in [7, 11) is 0. The van der Waals surface area contributed by atoms with Crippen LogP contribution in [-0.4, -0.2) is 10.7 Å². The summed E-state index contributed by atoms with van der Waals surface area (Å²) in [5.41, 5.74) is 3.14. The van der Waals surface area contributed by atoms with Gasteiger partial charge in [-0.15, -0.1) is 28.8 Å². The van der Waals surface area contributed by atoms with E-state index in [1.807, 2.05) is 43.2 Å². The first-order valence-corrected chi connectivity index (χ1v) is 13.3. The van der Waals surface area contributed by atoms with E-state index >= 15 is 0 Å². The molecule has 0 spiro atoms. The van der Waals surface area contributed by atoms with E-state index in [1.165, 1.54) is 11.3 Å². The molecule has 2 heterocycles. The third-order valence-corrected chi connectivity index (χ3v) is 6.89. The molecule has 2 aliphatic carbocycles. The maximum Gasteiger partial charge on any atom is 3.00 e. The molecule has 3 aromatic rings. The summed E-state index contributed by atoms with van der Waals surface area (Å²) in [4.78, 5) is 3.41. The Balaban J connectivity index is 0.000000266. The molecule has 0 fully saturated rings. The van der Waals surface area contributed by atoms with Crippen molar-refractivity contribution in [3.8, 4) is 0 Å². The third kappa shape index (κ3) is 9.65. The molecule has 39 heavy (non-hydrogen) atoms. The molecule has 0 aliphatic heterocycles. The normalized spacial score (nSPS) is 17.5. The van der Waals surface area contributed by atoms with Crippen LogP contribution in [0.1, 0.15) is 59.8 Å². The predicted molar refractivity (Wildman–Crippen MR) is 169 cm³/mol. The molecular weight excluding hydrogens is 673 g/mol. The van der Waals surface area contributed by atoms with Gasteiger partial charge in [0, 0.05) is 21.2 Å². The van der Waals surface area contributed by atoms with Crippen molar-refractivity contribution in [2.45, 2.75) is 47.4 Å². The van der Waals surface area contributed by atoms with Crippen molar-refractivity contribution >= 4 is 39.3 Å². The Bertz CT molecular complexity index is 1910. The van der Waals surface area contributed by atoms with Crippen LogP contribution in [-0.2, 0) is 20.1 Å². The Labute approximate surface area is 266 Å². The molecular formula is C35H39IrN2S. The van der Waals surface area contributed by atoms with Crippen LogP contribution in [0.25, 0.3) is 27.6 Å². The fourth-order valence-corrected chi connectivity index (χ4v) is 4.77. The molecule has 0 atom stereocenters. The predicted octanol–water partition coefficient (Wildman–Crippen LogP) is 8.34. The zero-order chi connectivity index (χ0) is 36.1. The van der Waals surface area contributed by atoms with Crippen LogP contribution in [0.4, 0.5) is 0 Å². The van der Waals surface area contributed by atoms with Crippen LogP contribution in [0.2, 0.25) is 0 Å². The Kier molecular flexibility index (Phi) is 8.35. The van der Waals surface area contributed by atoms with Gasteiger partial charge in [-0.2, -0.15) is 12.5 Å².